The third-order valence-corrected chi connectivity index (χ3v) is 5.81. The molecule has 0 aromatic heterocycles. The molecule has 0 heterocycles. The summed E-state index contributed by atoms with van der Waals surface area (Å²) in [5.41, 5.74) is 8.27. The lowest BCUT2D eigenvalue weighted by molar-refractivity contribution is 0.352. The van der Waals surface area contributed by atoms with Crippen molar-refractivity contribution in [1.82, 2.24) is 0 Å². The molecule has 22 heavy (non-hydrogen) atoms. The molecule has 0 unspecified atom stereocenters. The average Bonchev–Trinajstić information content (AvgIpc) is 2.79. The zero-order valence-corrected chi connectivity index (χ0v) is 14.1. The Morgan fingerprint density at radius 2 is 1.45 bits per heavy atom. The largest absolute Gasteiger partial charge is 0.0619 e. The van der Waals surface area contributed by atoms with Crippen LogP contribution in [0.15, 0.2) is 42.5 Å². The van der Waals surface area contributed by atoms with E-state index in [9.17, 15) is 0 Å². The van der Waals surface area contributed by atoms with Crippen LogP contribution in [0.25, 0.3) is 11.1 Å². The van der Waals surface area contributed by atoms with Gasteiger partial charge in [-0.25, -0.2) is 0 Å². The summed E-state index contributed by atoms with van der Waals surface area (Å²) in [6.07, 6.45) is 6.79. The van der Waals surface area contributed by atoms with Gasteiger partial charge in [0.25, 0.3) is 0 Å². The van der Waals surface area contributed by atoms with Gasteiger partial charge >= 0.3 is 0 Å². The predicted molar refractivity (Wildman–Crippen MR) is 94.4 cm³/mol. The van der Waals surface area contributed by atoms with Crippen molar-refractivity contribution in [1.29, 1.82) is 0 Å². The highest BCUT2D eigenvalue weighted by molar-refractivity contribution is 5.84. The molecular weight excluding hydrogens is 264 g/mol. The molecule has 4 rings (SSSR count). The lowest BCUT2D eigenvalue weighted by atomic mass is 9.67. The number of fused-ring (bicyclic) bond motifs is 5. The molecule has 1 spiro atoms. The predicted octanol–water partition coefficient (Wildman–Crippen LogP) is 6.21. The molecule has 0 bridgehead atoms. The molecule has 1 saturated carbocycles. The summed E-state index contributed by atoms with van der Waals surface area (Å²) in [5, 5.41) is 0. The molecule has 114 valence electrons. The number of rotatable bonds is 0. The van der Waals surface area contributed by atoms with E-state index >= 15 is 0 Å². The van der Waals surface area contributed by atoms with E-state index in [-0.39, 0.29) is 5.41 Å². The third-order valence-electron chi connectivity index (χ3n) is 5.81. The molecule has 0 radical (unpaired) electrons. The van der Waals surface area contributed by atoms with Gasteiger partial charge in [0.05, 0.1) is 0 Å². The van der Waals surface area contributed by atoms with Gasteiger partial charge in [0.15, 0.2) is 0 Å². The SMILES string of the molecule is CC(C)(C)c1cccc2c1-c1ccccc1C21CCCCC1. The second kappa shape index (κ2) is 4.72. The van der Waals surface area contributed by atoms with Crippen LogP contribution < -0.4 is 0 Å². The fraction of sp³-hybridized carbons (Fsp3) is 0.455. The van der Waals surface area contributed by atoms with Gasteiger partial charge in [-0.2, -0.15) is 0 Å². The van der Waals surface area contributed by atoms with Crippen molar-refractivity contribution in [2.24, 2.45) is 0 Å². The third kappa shape index (κ3) is 1.82. The van der Waals surface area contributed by atoms with Crippen molar-refractivity contribution in [2.45, 2.75) is 63.7 Å². The number of benzene rings is 2. The first-order valence-corrected chi connectivity index (χ1v) is 8.78. The Morgan fingerprint density at radius 3 is 2.18 bits per heavy atom. The van der Waals surface area contributed by atoms with Crippen LogP contribution >= 0.6 is 0 Å². The molecule has 0 N–H and O–H groups in total. The quantitative estimate of drug-likeness (QED) is 0.540. The zero-order chi connectivity index (χ0) is 15.4. The van der Waals surface area contributed by atoms with E-state index in [0.717, 1.165) is 0 Å². The first-order chi connectivity index (χ1) is 10.5. The van der Waals surface area contributed by atoms with Gasteiger partial charge in [-0.3, -0.25) is 0 Å². The minimum atomic E-state index is 0.193. The summed E-state index contributed by atoms with van der Waals surface area (Å²) in [6.45, 7) is 7.03. The molecule has 2 aliphatic rings. The maximum atomic E-state index is 2.41. The molecule has 2 aromatic carbocycles. The van der Waals surface area contributed by atoms with Crippen molar-refractivity contribution >= 4 is 0 Å². The smallest absolute Gasteiger partial charge is 0.0215 e. The van der Waals surface area contributed by atoms with Crippen LogP contribution in [0.2, 0.25) is 0 Å². The monoisotopic (exact) mass is 290 g/mol. The second-order valence-electron chi connectivity index (χ2n) is 8.17. The van der Waals surface area contributed by atoms with E-state index in [1.807, 2.05) is 0 Å². The summed E-state index contributed by atoms with van der Waals surface area (Å²) >= 11 is 0. The van der Waals surface area contributed by atoms with Crippen LogP contribution in [-0.2, 0) is 10.8 Å². The van der Waals surface area contributed by atoms with Crippen molar-refractivity contribution in [3.8, 4) is 11.1 Å². The summed E-state index contributed by atoms with van der Waals surface area (Å²) in [5.74, 6) is 0. The van der Waals surface area contributed by atoms with E-state index in [4.69, 9.17) is 0 Å². The summed E-state index contributed by atoms with van der Waals surface area (Å²) < 4.78 is 0. The molecule has 2 aliphatic carbocycles. The maximum absolute atomic E-state index is 2.41. The first kappa shape index (κ1) is 14.1. The first-order valence-electron chi connectivity index (χ1n) is 8.78. The summed E-state index contributed by atoms with van der Waals surface area (Å²) in [7, 11) is 0. The molecule has 0 heteroatoms. The van der Waals surface area contributed by atoms with Gasteiger partial charge in [-0.15, -0.1) is 0 Å². The fourth-order valence-electron chi connectivity index (χ4n) is 4.82. The van der Waals surface area contributed by atoms with E-state index in [0.29, 0.717) is 5.41 Å². The van der Waals surface area contributed by atoms with Gasteiger partial charge < -0.3 is 0 Å². The summed E-state index contributed by atoms with van der Waals surface area (Å²) in [6, 6.07) is 16.2. The molecule has 0 atom stereocenters. The molecule has 0 amide bonds. The Kier molecular flexibility index (Phi) is 3.01. The van der Waals surface area contributed by atoms with Crippen LogP contribution in [-0.4, -0.2) is 0 Å². The second-order valence-corrected chi connectivity index (χ2v) is 8.17. The maximum Gasteiger partial charge on any atom is 0.0215 e. The van der Waals surface area contributed by atoms with E-state index in [1.54, 1.807) is 16.7 Å². The Morgan fingerprint density at radius 1 is 0.773 bits per heavy atom. The standard InChI is InChI=1S/C22H26/c1-21(2,3)18-12-9-13-19-20(18)16-10-5-6-11-17(16)22(19)14-7-4-8-15-22/h5-6,9-13H,4,7-8,14-15H2,1-3H3. The number of hydrogen-bond donors (Lipinski definition) is 0. The normalized spacial score (nSPS) is 19.0. The lowest BCUT2D eigenvalue weighted by Crippen LogP contribution is -2.28. The highest BCUT2D eigenvalue weighted by Gasteiger charge is 2.44. The average molecular weight is 290 g/mol. The van der Waals surface area contributed by atoms with E-state index in [1.165, 1.54) is 43.2 Å². The van der Waals surface area contributed by atoms with Crippen molar-refractivity contribution in [3.63, 3.8) is 0 Å². The fourth-order valence-corrected chi connectivity index (χ4v) is 4.82. The minimum Gasteiger partial charge on any atom is -0.0619 e. The van der Waals surface area contributed by atoms with E-state index in [2.05, 4.69) is 63.2 Å². The lowest BCUT2D eigenvalue weighted by Gasteiger charge is -2.36. The minimum absolute atomic E-state index is 0.193. The number of hydrogen-bond acceptors (Lipinski definition) is 0. The Labute approximate surface area is 134 Å². The molecule has 2 aromatic rings. The molecular formula is C22H26. The molecule has 0 saturated heterocycles. The van der Waals surface area contributed by atoms with Crippen molar-refractivity contribution < 1.29 is 0 Å². The van der Waals surface area contributed by atoms with Gasteiger partial charge in [0, 0.05) is 5.41 Å². The van der Waals surface area contributed by atoms with Crippen molar-refractivity contribution in [3.05, 3.63) is 59.2 Å². The van der Waals surface area contributed by atoms with Crippen LogP contribution in [0.3, 0.4) is 0 Å². The van der Waals surface area contributed by atoms with Gasteiger partial charge in [0.2, 0.25) is 0 Å². The van der Waals surface area contributed by atoms with Gasteiger partial charge in [-0.1, -0.05) is 82.5 Å². The van der Waals surface area contributed by atoms with Crippen molar-refractivity contribution in [2.75, 3.05) is 0 Å². The Hall–Kier alpha value is -1.56. The van der Waals surface area contributed by atoms with Crippen LogP contribution in [0.5, 0.6) is 0 Å². The highest BCUT2D eigenvalue weighted by atomic mass is 14.5. The highest BCUT2D eigenvalue weighted by Crippen LogP contribution is 2.57. The topological polar surface area (TPSA) is 0 Å². The Balaban J connectivity index is 2.05. The van der Waals surface area contributed by atoms with Gasteiger partial charge in [-0.05, 0) is 46.1 Å². The molecule has 1 fully saturated rings. The van der Waals surface area contributed by atoms with Crippen LogP contribution in [0, 0.1) is 0 Å². The summed E-state index contributed by atoms with van der Waals surface area (Å²) in [4.78, 5) is 0. The van der Waals surface area contributed by atoms with Crippen LogP contribution in [0.1, 0.15) is 69.6 Å². The Bertz CT molecular complexity index is 709. The molecule has 0 aliphatic heterocycles. The molecule has 0 nitrogen and oxygen atoms in total. The van der Waals surface area contributed by atoms with Crippen LogP contribution in [0.4, 0.5) is 0 Å². The zero-order valence-electron chi connectivity index (χ0n) is 14.1. The van der Waals surface area contributed by atoms with Gasteiger partial charge in [0.1, 0.15) is 0 Å². The van der Waals surface area contributed by atoms with E-state index < -0.39 is 0 Å².